The lowest BCUT2D eigenvalue weighted by Gasteiger charge is -2.39. The first-order valence-corrected chi connectivity index (χ1v) is 31.5. The van der Waals surface area contributed by atoms with Crippen molar-refractivity contribution in [1.82, 2.24) is 44.9 Å². The fourth-order valence-electron chi connectivity index (χ4n) is 16.0. The standard InChI is InChI=1S/C63H91N11O7/c1-7-73-52-19-18-44-31-47(52)49(56(73)48-32-45(35-64-53(48)40(2)79-6)69-27-25-68(26-28-69)43-16-17-43)34-62(3,4)39-81-61(78)50-13-10-22-74(66-50)59(76)51(33-46-36-70(44)29-30-80-46)65-58(75)55(41-11-8-9-12-41)71-23-20-63(37-71)21-24-72(38-63)60(77)57-54(67(57)5)42-14-15-42/h18-19,31-32,35,40-43,46,50-51,54-55,57,66H,7-17,20-30,33-34,36-39H2,1-6H3,(H,65,75)/t40-,46-,50-,51-,54+,55-,57+,63-,67?/m0/s1. The molecule has 81 heavy (non-hydrogen) atoms. The van der Waals surface area contributed by atoms with Gasteiger partial charge in [0.1, 0.15) is 18.1 Å². The van der Waals surface area contributed by atoms with E-state index in [0.717, 1.165) is 143 Å². The minimum absolute atomic E-state index is 0.0256. The Hall–Kier alpha value is -4.85. The Morgan fingerprint density at radius 3 is 2.44 bits per heavy atom. The molecule has 7 aliphatic heterocycles. The van der Waals surface area contributed by atoms with Crippen LogP contribution in [0.5, 0.6) is 0 Å². The van der Waals surface area contributed by atoms with Gasteiger partial charge in [-0.2, -0.15) is 0 Å². The molecule has 6 bridgehead atoms. The number of hydrazine groups is 1. The number of benzene rings is 1. The van der Waals surface area contributed by atoms with Gasteiger partial charge >= 0.3 is 5.97 Å². The van der Waals surface area contributed by atoms with Gasteiger partial charge in [0, 0.05) is 131 Å². The van der Waals surface area contributed by atoms with Crippen LogP contribution in [0.2, 0.25) is 0 Å². The molecule has 0 radical (unpaired) electrons. The van der Waals surface area contributed by atoms with Crippen LogP contribution in [0.25, 0.3) is 22.2 Å². The van der Waals surface area contributed by atoms with Gasteiger partial charge in [0.2, 0.25) is 11.8 Å². The molecule has 18 nitrogen and oxygen atoms in total. The maximum Gasteiger partial charge on any atom is 0.324 e. The van der Waals surface area contributed by atoms with Crippen LogP contribution in [0, 0.1) is 22.7 Å². The van der Waals surface area contributed by atoms with Gasteiger partial charge in [0.05, 0.1) is 54.7 Å². The molecule has 9 atom stereocenters. The molecule has 3 saturated carbocycles. The van der Waals surface area contributed by atoms with E-state index in [1.165, 1.54) is 31.2 Å². The average Bonchev–Trinajstić information content (AvgIpc) is 4.60. The zero-order valence-electron chi connectivity index (χ0n) is 49.3. The summed E-state index contributed by atoms with van der Waals surface area (Å²) in [5.41, 5.74) is 10.4. The molecule has 6 saturated heterocycles. The van der Waals surface area contributed by atoms with E-state index in [4.69, 9.17) is 19.2 Å². The van der Waals surface area contributed by atoms with Gasteiger partial charge in [0.25, 0.3) is 5.91 Å². The highest BCUT2D eigenvalue weighted by molar-refractivity contribution is 5.95. The summed E-state index contributed by atoms with van der Waals surface area (Å²) >= 11 is 0. The molecule has 18 heteroatoms. The minimum atomic E-state index is -0.900. The molecule has 2 N–H and O–H groups in total. The number of fused-ring (bicyclic) bond motifs is 6. The van der Waals surface area contributed by atoms with E-state index in [0.29, 0.717) is 57.5 Å². The summed E-state index contributed by atoms with van der Waals surface area (Å²) in [6.07, 6.45) is 14.6. The van der Waals surface area contributed by atoms with Crippen LogP contribution in [-0.4, -0.2) is 200 Å². The minimum Gasteiger partial charge on any atom is -0.464 e. The number of methoxy groups -OCH3 is 1. The summed E-state index contributed by atoms with van der Waals surface area (Å²) in [5.74, 6) is 0.399. The van der Waals surface area contributed by atoms with Crippen molar-refractivity contribution >= 4 is 46.0 Å². The van der Waals surface area contributed by atoms with Crippen molar-refractivity contribution in [1.29, 1.82) is 0 Å². The highest BCUT2D eigenvalue weighted by Gasteiger charge is 2.59. The fraction of sp³-hybridized carbons (Fsp3) is 0.730. The first-order valence-electron chi connectivity index (χ1n) is 31.5. The van der Waals surface area contributed by atoms with Crippen LogP contribution in [0.1, 0.15) is 129 Å². The van der Waals surface area contributed by atoms with Crippen LogP contribution in [-0.2, 0) is 46.4 Å². The van der Waals surface area contributed by atoms with Crippen LogP contribution in [0.15, 0.2) is 30.5 Å². The predicted molar refractivity (Wildman–Crippen MR) is 312 cm³/mol. The Labute approximate surface area is 479 Å². The summed E-state index contributed by atoms with van der Waals surface area (Å²) in [5, 5.41) is 6.13. The number of nitrogens with one attached hydrogen (secondary N) is 2. The Kier molecular flexibility index (Phi) is 15.2. The Morgan fingerprint density at radius 1 is 0.901 bits per heavy atom. The third-order valence-corrected chi connectivity index (χ3v) is 20.9. The highest BCUT2D eigenvalue weighted by Crippen LogP contribution is 2.49. The zero-order chi connectivity index (χ0) is 55.9. The molecule has 9 heterocycles. The van der Waals surface area contributed by atoms with E-state index in [9.17, 15) is 9.59 Å². The number of likely N-dealkylation sites (N-methyl/N-ethyl adjacent to an activating group) is 1. The van der Waals surface area contributed by atoms with Gasteiger partial charge < -0.3 is 38.8 Å². The Bertz CT molecular complexity index is 2860. The number of rotatable bonds is 12. The number of hydrogen-bond donors (Lipinski definition) is 2. The van der Waals surface area contributed by atoms with Crippen molar-refractivity contribution in [3.8, 4) is 11.3 Å². The SMILES string of the molecule is CCn1c(-c2cc(N3CCN(C4CC4)CC3)cnc2[C@H](C)OC)c2c3cc(ccc31)N1CCO[C@@H](C[C@H](NC(=O)[C@H](C3CCCC3)N3CC[C@]4(CCN(C(=O)[C@H]5[C@@H](C6CC6)N5C)C4)C3)C(=O)N3CCC[C@H](N3)C(=O)OCC(C)(C)C2)C1. The summed E-state index contributed by atoms with van der Waals surface area (Å²) in [6, 6.07) is 8.36. The van der Waals surface area contributed by atoms with Gasteiger partial charge in [-0.3, -0.25) is 43.9 Å². The second kappa shape index (κ2) is 22.3. The van der Waals surface area contributed by atoms with Crippen LogP contribution in [0.3, 0.4) is 0 Å². The Balaban J connectivity index is 0.805. The zero-order valence-corrected chi connectivity index (χ0v) is 49.3. The topological polar surface area (TPSA) is 160 Å². The van der Waals surface area contributed by atoms with Crippen molar-refractivity contribution in [2.45, 2.75) is 173 Å². The number of piperazine rings is 1. The molecule has 440 valence electrons. The summed E-state index contributed by atoms with van der Waals surface area (Å²) in [7, 11) is 3.86. The van der Waals surface area contributed by atoms with Crippen molar-refractivity contribution in [2.75, 3.05) is 109 Å². The number of likely N-dealkylation sites (tertiary alicyclic amines) is 2. The number of anilines is 2. The number of esters is 1. The number of pyridine rings is 1. The number of aromatic nitrogens is 2. The summed E-state index contributed by atoms with van der Waals surface area (Å²) < 4.78 is 21.5. The second-order valence-electron chi connectivity index (χ2n) is 27.2. The van der Waals surface area contributed by atoms with E-state index >= 15 is 9.59 Å². The van der Waals surface area contributed by atoms with Gasteiger partial charge in [-0.15, -0.1) is 0 Å². The smallest absolute Gasteiger partial charge is 0.324 e. The van der Waals surface area contributed by atoms with E-state index in [-0.39, 0.29) is 72.3 Å². The molecule has 13 rings (SSSR count). The maximum atomic E-state index is 15.4. The lowest BCUT2D eigenvalue weighted by molar-refractivity contribution is -0.156. The molecule has 2 aromatic heterocycles. The number of carbonyl (C=O) groups is 4. The summed E-state index contributed by atoms with van der Waals surface area (Å²) in [4.78, 5) is 78.4. The molecule has 3 aliphatic carbocycles. The quantitative estimate of drug-likeness (QED) is 0.161. The van der Waals surface area contributed by atoms with E-state index in [2.05, 4.69) is 104 Å². The van der Waals surface area contributed by atoms with Crippen LogP contribution >= 0.6 is 0 Å². The van der Waals surface area contributed by atoms with Gasteiger partial charge in [-0.1, -0.05) is 26.7 Å². The normalized spacial score (nSPS) is 31.4. The predicted octanol–water partition coefficient (Wildman–Crippen LogP) is 5.99. The Morgan fingerprint density at radius 2 is 1.69 bits per heavy atom. The number of aryl methyl sites for hydroxylation is 1. The molecular weight excluding hydrogens is 1020 g/mol. The lowest BCUT2D eigenvalue weighted by atomic mass is 9.84. The molecule has 3 aromatic rings. The number of cyclic esters (lactones) is 1. The van der Waals surface area contributed by atoms with Crippen molar-refractivity contribution in [2.24, 2.45) is 22.7 Å². The fourth-order valence-corrected chi connectivity index (χ4v) is 16.0. The third-order valence-electron chi connectivity index (χ3n) is 20.9. The maximum absolute atomic E-state index is 15.4. The molecule has 3 amide bonds. The third kappa shape index (κ3) is 11.0. The number of hydrogen-bond acceptors (Lipinski definition) is 14. The van der Waals surface area contributed by atoms with Crippen molar-refractivity contribution < 1.29 is 33.4 Å². The molecule has 9 fully saturated rings. The molecule has 1 aromatic carbocycles. The van der Waals surface area contributed by atoms with E-state index in [1.54, 1.807) is 12.1 Å². The molecular formula is C63H91N11O7. The number of amides is 3. The number of morpholine rings is 1. The van der Waals surface area contributed by atoms with Crippen LogP contribution in [0.4, 0.5) is 11.4 Å². The number of ether oxygens (including phenoxy) is 3. The van der Waals surface area contributed by atoms with Gasteiger partial charge in [-0.05, 0) is 140 Å². The van der Waals surface area contributed by atoms with Crippen molar-refractivity contribution in [3.63, 3.8) is 0 Å². The largest absolute Gasteiger partial charge is 0.464 e. The van der Waals surface area contributed by atoms with Gasteiger partial charge in [-0.25, -0.2) is 5.43 Å². The monoisotopic (exact) mass is 1110 g/mol. The average molecular weight is 1110 g/mol. The molecule has 1 unspecified atom stereocenters. The lowest BCUT2D eigenvalue weighted by Crippen LogP contribution is -2.62. The molecule has 10 aliphatic rings. The highest BCUT2D eigenvalue weighted by atomic mass is 16.5. The number of nitrogens with zero attached hydrogens (tertiary/aromatic N) is 9. The van der Waals surface area contributed by atoms with Crippen LogP contribution < -0.4 is 20.5 Å². The second-order valence-corrected chi connectivity index (χ2v) is 27.2. The molecule has 1 spiro atoms. The van der Waals surface area contributed by atoms with Crippen molar-refractivity contribution in [3.05, 3.63) is 41.7 Å². The first kappa shape index (κ1) is 55.3. The van der Waals surface area contributed by atoms with Gasteiger partial charge in [0.15, 0.2) is 0 Å². The van der Waals surface area contributed by atoms with E-state index < -0.39 is 17.5 Å². The first-order chi connectivity index (χ1) is 39.2. The summed E-state index contributed by atoms with van der Waals surface area (Å²) in [6.45, 7) is 18.8. The van der Waals surface area contributed by atoms with E-state index in [1.807, 2.05) is 6.20 Å². The number of carbonyl (C=O) groups excluding carboxylic acids is 4.